The smallest absolute Gasteiger partial charge is 0.245 e. The van der Waals surface area contributed by atoms with Crippen LogP contribution in [0, 0.1) is 18.7 Å². The van der Waals surface area contributed by atoms with E-state index in [-0.39, 0.29) is 28.7 Å². The maximum Gasteiger partial charge on any atom is 0.245 e. The monoisotopic (exact) mass is 494 g/mol. The molecule has 174 valence electrons. The zero-order valence-electron chi connectivity index (χ0n) is 17.7. The minimum Gasteiger partial charge on any atom is -0.352 e. The number of carbonyl (C=O) groups excluding carboxylic acids is 2. The van der Waals surface area contributed by atoms with Crippen LogP contribution in [-0.2, 0) is 19.4 Å². The summed E-state index contributed by atoms with van der Waals surface area (Å²) in [4.78, 5) is 32.3. The molecule has 0 spiro atoms. The van der Waals surface area contributed by atoms with Gasteiger partial charge in [-0.1, -0.05) is 0 Å². The SMILES string of the molecule is Cc1cc(F)ncc1-c1cc2sc(C(C(=O)NCC(=O)NC3CC3)S(C)(=O)=O)nc2cc1F. The minimum absolute atomic E-state index is 0.0434. The molecule has 4 rings (SSSR count). The molecule has 12 heteroatoms. The molecule has 1 saturated carbocycles. The number of nitrogens with one attached hydrogen (secondary N) is 2. The first kappa shape index (κ1) is 23.2. The number of fused-ring (bicyclic) bond motifs is 1. The van der Waals surface area contributed by atoms with E-state index < -0.39 is 38.7 Å². The van der Waals surface area contributed by atoms with Crippen molar-refractivity contribution < 1.29 is 26.8 Å². The molecule has 1 aliphatic rings. The Labute approximate surface area is 192 Å². The Morgan fingerprint density at radius 1 is 1.21 bits per heavy atom. The molecule has 33 heavy (non-hydrogen) atoms. The van der Waals surface area contributed by atoms with E-state index in [4.69, 9.17) is 0 Å². The highest BCUT2D eigenvalue weighted by Crippen LogP contribution is 2.35. The van der Waals surface area contributed by atoms with Crippen molar-refractivity contribution in [1.82, 2.24) is 20.6 Å². The lowest BCUT2D eigenvalue weighted by Gasteiger charge is -2.12. The van der Waals surface area contributed by atoms with E-state index in [1.807, 2.05) is 0 Å². The van der Waals surface area contributed by atoms with Crippen LogP contribution in [-0.4, -0.2) is 49.0 Å². The summed E-state index contributed by atoms with van der Waals surface area (Å²) in [7, 11) is -3.95. The number of thiazole rings is 1. The number of halogens is 2. The zero-order chi connectivity index (χ0) is 23.9. The van der Waals surface area contributed by atoms with Gasteiger partial charge in [-0.15, -0.1) is 11.3 Å². The van der Waals surface area contributed by atoms with Gasteiger partial charge in [-0.05, 0) is 37.5 Å². The maximum absolute atomic E-state index is 14.8. The Kier molecular flexibility index (Phi) is 6.14. The van der Waals surface area contributed by atoms with Gasteiger partial charge in [0.05, 0.1) is 16.8 Å². The molecule has 3 aromatic rings. The van der Waals surface area contributed by atoms with Gasteiger partial charge in [-0.2, -0.15) is 4.39 Å². The molecule has 1 aliphatic carbocycles. The molecular formula is C21H20F2N4O4S2. The summed E-state index contributed by atoms with van der Waals surface area (Å²) >= 11 is 0.929. The average molecular weight is 495 g/mol. The Balaban J connectivity index is 1.65. The van der Waals surface area contributed by atoms with Crippen molar-refractivity contribution in [2.45, 2.75) is 31.1 Å². The molecule has 2 heterocycles. The van der Waals surface area contributed by atoms with Gasteiger partial charge in [0.15, 0.2) is 15.1 Å². The van der Waals surface area contributed by atoms with Crippen LogP contribution in [0.25, 0.3) is 21.3 Å². The highest BCUT2D eigenvalue weighted by atomic mass is 32.2. The summed E-state index contributed by atoms with van der Waals surface area (Å²) in [6, 6.07) is 3.89. The molecule has 0 radical (unpaired) electrons. The van der Waals surface area contributed by atoms with Gasteiger partial charge in [0, 0.05) is 35.7 Å². The van der Waals surface area contributed by atoms with Gasteiger partial charge < -0.3 is 10.6 Å². The van der Waals surface area contributed by atoms with Crippen molar-refractivity contribution in [3.8, 4) is 11.1 Å². The van der Waals surface area contributed by atoms with Crippen LogP contribution in [0.1, 0.15) is 28.7 Å². The zero-order valence-corrected chi connectivity index (χ0v) is 19.3. The number of amides is 2. The van der Waals surface area contributed by atoms with Gasteiger partial charge in [0.1, 0.15) is 10.8 Å². The fourth-order valence-corrected chi connectivity index (χ4v) is 5.87. The van der Waals surface area contributed by atoms with Crippen molar-refractivity contribution in [2.75, 3.05) is 12.8 Å². The topological polar surface area (TPSA) is 118 Å². The summed E-state index contributed by atoms with van der Waals surface area (Å²) in [6.45, 7) is 1.26. The lowest BCUT2D eigenvalue weighted by atomic mass is 10.0. The molecule has 1 aromatic carbocycles. The summed E-state index contributed by atoms with van der Waals surface area (Å²) in [5.74, 6) is -2.63. The van der Waals surface area contributed by atoms with Crippen LogP contribution < -0.4 is 10.6 Å². The van der Waals surface area contributed by atoms with E-state index in [1.165, 1.54) is 18.3 Å². The summed E-state index contributed by atoms with van der Waals surface area (Å²) in [5, 5.41) is 3.35. The molecule has 2 N–H and O–H groups in total. The van der Waals surface area contributed by atoms with Crippen LogP contribution in [0.2, 0.25) is 0 Å². The summed E-state index contributed by atoms with van der Waals surface area (Å²) in [6.07, 6.45) is 3.87. The third-order valence-electron chi connectivity index (χ3n) is 5.12. The third-order valence-corrected chi connectivity index (χ3v) is 7.64. The molecule has 1 atom stereocenters. The van der Waals surface area contributed by atoms with Crippen LogP contribution in [0.3, 0.4) is 0 Å². The van der Waals surface area contributed by atoms with Crippen molar-refractivity contribution >= 4 is 43.2 Å². The highest BCUT2D eigenvalue weighted by molar-refractivity contribution is 7.91. The number of sulfone groups is 1. The van der Waals surface area contributed by atoms with Crippen molar-refractivity contribution in [1.29, 1.82) is 0 Å². The first-order valence-electron chi connectivity index (χ1n) is 10.0. The van der Waals surface area contributed by atoms with E-state index in [9.17, 15) is 26.8 Å². The number of pyridine rings is 1. The number of nitrogens with zero attached hydrogens (tertiary/aromatic N) is 2. The van der Waals surface area contributed by atoms with Crippen molar-refractivity contribution in [2.24, 2.45) is 0 Å². The van der Waals surface area contributed by atoms with E-state index in [0.29, 0.717) is 15.8 Å². The number of benzene rings is 1. The van der Waals surface area contributed by atoms with Gasteiger partial charge in [-0.3, -0.25) is 9.59 Å². The number of hydrogen-bond acceptors (Lipinski definition) is 7. The van der Waals surface area contributed by atoms with Crippen LogP contribution in [0.4, 0.5) is 8.78 Å². The van der Waals surface area contributed by atoms with Crippen LogP contribution >= 0.6 is 11.3 Å². The highest BCUT2D eigenvalue weighted by Gasteiger charge is 2.34. The van der Waals surface area contributed by atoms with E-state index in [2.05, 4.69) is 20.6 Å². The van der Waals surface area contributed by atoms with E-state index >= 15 is 0 Å². The Morgan fingerprint density at radius 3 is 2.58 bits per heavy atom. The number of carbonyl (C=O) groups is 2. The van der Waals surface area contributed by atoms with Gasteiger partial charge in [-0.25, -0.2) is 22.8 Å². The number of aryl methyl sites for hydroxylation is 1. The number of rotatable bonds is 7. The summed E-state index contributed by atoms with van der Waals surface area (Å²) < 4.78 is 53.4. The number of hydrogen-bond donors (Lipinski definition) is 2. The molecular weight excluding hydrogens is 474 g/mol. The Hall–Kier alpha value is -2.99. The Bertz CT molecular complexity index is 1370. The molecule has 0 bridgehead atoms. The second-order valence-corrected chi connectivity index (χ2v) is 11.1. The predicted molar refractivity (Wildman–Crippen MR) is 119 cm³/mol. The maximum atomic E-state index is 14.8. The van der Waals surface area contributed by atoms with Gasteiger partial charge in [0.25, 0.3) is 0 Å². The third kappa shape index (κ3) is 5.17. The predicted octanol–water partition coefficient (Wildman–Crippen LogP) is 2.43. The van der Waals surface area contributed by atoms with E-state index in [1.54, 1.807) is 6.92 Å². The fraction of sp³-hybridized carbons (Fsp3) is 0.333. The molecule has 2 amide bonds. The first-order chi connectivity index (χ1) is 15.5. The van der Waals surface area contributed by atoms with Gasteiger partial charge in [0.2, 0.25) is 17.8 Å². The second-order valence-electron chi connectivity index (χ2n) is 7.94. The Morgan fingerprint density at radius 2 is 1.94 bits per heavy atom. The molecule has 0 aliphatic heterocycles. The van der Waals surface area contributed by atoms with Gasteiger partial charge >= 0.3 is 0 Å². The molecule has 0 saturated heterocycles. The van der Waals surface area contributed by atoms with Crippen LogP contribution in [0.5, 0.6) is 0 Å². The largest absolute Gasteiger partial charge is 0.352 e. The van der Waals surface area contributed by atoms with Crippen molar-refractivity contribution in [3.05, 3.63) is 46.7 Å². The summed E-state index contributed by atoms with van der Waals surface area (Å²) in [5.41, 5.74) is 1.19. The van der Waals surface area contributed by atoms with Crippen molar-refractivity contribution in [3.63, 3.8) is 0 Å². The van der Waals surface area contributed by atoms with Crippen LogP contribution in [0.15, 0.2) is 24.4 Å². The molecule has 1 fully saturated rings. The lowest BCUT2D eigenvalue weighted by Crippen LogP contribution is -2.41. The fourth-order valence-electron chi connectivity index (χ4n) is 3.34. The average Bonchev–Trinajstić information content (AvgIpc) is 3.43. The number of aromatic nitrogens is 2. The second kappa shape index (κ2) is 8.75. The molecule has 8 nitrogen and oxygen atoms in total. The molecule has 2 aromatic heterocycles. The normalized spacial score (nSPS) is 14.8. The molecule has 1 unspecified atom stereocenters. The minimum atomic E-state index is -3.95. The van der Waals surface area contributed by atoms with E-state index in [0.717, 1.165) is 36.5 Å². The quantitative estimate of drug-likeness (QED) is 0.487. The lowest BCUT2D eigenvalue weighted by molar-refractivity contribution is -0.126. The standard InChI is InChI=1S/C21H20F2N4O4S2/c1-10-5-17(23)24-8-13(10)12-6-16-15(7-14(12)22)27-21(32-16)19(33(2,30)31)20(29)25-9-18(28)26-11-3-4-11/h5-8,11,19H,3-4,9H2,1-2H3,(H,25,29)(H,26,28). The first-order valence-corrected chi connectivity index (χ1v) is 12.8.